The first-order valence-electron chi connectivity index (χ1n) is 5.73. The lowest BCUT2D eigenvalue weighted by atomic mass is 9.83. The van der Waals surface area contributed by atoms with Crippen LogP contribution in [0.15, 0.2) is 0 Å². The van der Waals surface area contributed by atoms with Gasteiger partial charge >= 0.3 is 11.9 Å². The predicted octanol–water partition coefficient (Wildman–Crippen LogP) is 1.24. The van der Waals surface area contributed by atoms with Gasteiger partial charge in [0.1, 0.15) is 18.0 Å². The summed E-state index contributed by atoms with van der Waals surface area (Å²) in [5.41, 5.74) is 0. The van der Waals surface area contributed by atoms with E-state index < -0.39 is 0 Å². The van der Waals surface area contributed by atoms with Crippen LogP contribution in [0.5, 0.6) is 0 Å². The number of hydrogen-bond donors (Lipinski definition) is 0. The Hall–Kier alpha value is -1.39. The van der Waals surface area contributed by atoms with Crippen LogP contribution in [0.2, 0.25) is 0 Å². The number of carbonyl (C=O) groups excluding carboxylic acids is 3. The van der Waals surface area contributed by atoms with E-state index in [1.54, 1.807) is 0 Å². The third kappa shape index (κ3) is 4.54. The fourth-order valence-corrected chi connectivity index (χ4v) is 2.21. The lowest BCUT2D eigenvalue weighted by Crippen LogP contribution is -2.37. The fraction of sp³-hybridized carbons (Fsp3) is 0.750. The molecule has 1 fully saturated rings. The second kappa shape index (κ2) is 5.80. The lowest BCUT2D eigenvalue weighted by molar-refractivity contribution is -0.159. The third-order valence-electron chi connectivity index (χ3n) is 2.86. The van der Waals surface area contributed by atoms with E-state index in [1.807, 2.05) is 0 Å². The van der Waals surface area contributed by atoms with Gasteiger partial charge in [-0.25, -0.2) is 0 Å². The Morgan fingerprint density at radius 2 is 1.24 bits per heavy atom. The molecule has 1 aliphatic rings. The Bertz CT molecular complexity index is 299. The highest BCUT2D eigenvalue weighted by Gasteiger charge is 2.34. The van der Waals surface area contributed by atoms with E-state index in [-0.39, 0.29) is 35.8 Å². The van der Waals surface area contributed by atoms with Crippen molar-refractivity contribution in [3.63, 3.8) is 0 Å². The van der Waals surface area contributed by atoms with Crippen LogP contribution in [0.25, 0.3) is 0 Å². The summed E-state index contributed by atoms with van der Waals surface area (Å²) in [4.78, 5) is 33.2. The van der Waals surface area contributed by atoms with E-state index in [9.17, 15) is 14.4 Å². The Morgan fingerprint density at radius 3 is 1.53 bits per heavy atom. The first-order chi connectivity index (χ1) is 7.88. The first kappa shape index (κ1) is 13.7. The minimum absolute atomic E-state index is 0.0407. The molecule has 0 radical (unpaired) electrons. The van der Waals surface area contributed by atoms with Crippen LogP contribution in [-0.2, 0) is 23.9 Å². The fourth-order valence-electron chi connectivity index (χ4n) is 2.21. The van der Waals surface area contributed by atoms with Gasteiger partial charge in [0.15, 0.2) is 0 Å². The number of esters is 2. The maximum absolute atomic E-state index is 11.4. The Labute approximate surface area is 100 Å². The lowest BCUT2D eigenvalue weighted by Gasteiger charge is -2.32. The van der Waals surface area contributed by atoms with Gasteiger partial charge in [0.25, 0.3) is 0 Å². The van der Waals surface area contributed by atoms with Gasteiger partial charge in [-0.1, -0.05) is 0 Å². The van der Waals surface area contributed by atoms with Gasteiger partial charge in [-0.3, -0.25) is 14.4 Å². The molecule has 1 aliphatic carbocycles. The molecule has 0 heterocycles. The number of rotatable bonds is 3. The van der Waals surface area contributed by atoms with Crippen molar-refractivity contribution < 1.29 is 23.9 Å². The molecule has 0 bridgehead atoms. The topological polar surface area (TPSA) is 69.7 Å². The molecular formula is C12H18O5. The van der Waals surface area contributed by atoms with Crippen molar-refractivity contribution in [1.29, 1.82) is 0 Å². The molecule has 0 aliphatic heterocycles. The minimum atomic E-state index is -0.374. The molecule has 96 valence electrons. The number of ketones is 1. The second-order valence-electron chi connectivity index (χ2n) is 4.48. The zero-order valence-corrected chi connectivity index (χ0v) is 10.4. The van der Waals surface area contributed by atoms with Crippen molar-refractivity contribution >= 4 is 17.7 Å². The molecule has 0 saturated heterocycles. The molecule has 1 saturated carbocycles. The highest BCUT2D eigenvalue weighted by molar-refractivity contribution is 5.78. The van der Waals surface area contributed by atoms with Crippen LogP contribution >= 0.6 is 0 Å². The molecule has 5 heteroatoms. The molecule has 0 aromatic heterocycles. The van der Waals surface area contributed by atoms with Crippen LogP contribution in [0.3, 0.4) is 0 Å². The van der Waals surface area contributed by atoms with E-state index in [4.69, 9.17) is 9.47 Å². The highest BCUT2D eigenvalue weighted by Crippen LogP contribution is 2.29. The Kier molecular flexibility index (Phi) is 4.66. The molecule has 0 amide bonds. The van der Waals surface area contributed by atoms with E-state index in [0.29, 0.717) is 19.3 Å². The van der Waals surface area contributed by atoms with Gasteiger partial charge in [-0.15, -0.1) is 0 Å². The molecule has 17 heavy (non-hydrogen) atoms. The van der Waals surface area contributed by atoms with Crippen molar-refractivity contribution in [1.82, 2.24) is 0 Å². The monoisotopic (exact) mass is 242 g/mol. The molecule has 0 aromatic rings. The predicted molar refractivity (Wildman–Crippen MR) is 59.1 cm³/mol. The van der Waals surface area contributed by atoms with E-state index in [1.165, 1.54) is 20.8 Å². The molecular weight excluding hydrogens is 224 g/mol. The zero-order chi connectivity index (χ0) is 13.0. The first-order valence-corrected chi connectivity index (χ1v) is 5.73. The van der Waals surface area contributed by atoms with Crippen molar-refractivity contribution in [2.75, 3.05) is 0 Å². The molecule has 2 unspecified atom stereocenters. The summed E-state index contributed by atoms with van der Waals surface area (Å²) in [6.45, 7) is 4.17. The third-order valence-corrected chi connectivity index (χ3v) is 2.86. The number of ether oxygens (including phenoxy) is 2. The molecule has 5 nitrogen and oxygen atoms in total. The summed E-state index contributed by atoms with van der Waals surface area (Å²) in [5.74, 6) is -0.905. The maximum Gasteiger partial charge on any atom is 0.302 e. The number of carbonyl (C=O) groups is 3. The van der Waals surface area contributed by atoms with Crippen LogP contribution in [0.4, 0.5) is 0 Å². The van der Waals surface area contributed by atoms with Gasteiger partial charge in [0.05, 0.1) is 0 Å². The van der Waals surface area contributed by atoms with E-state index >= 15 is 0 Å². The summed E-state index contributed by atoms with van der Waals surface area (Å²) < 4.78 is 10.2. The summed E-state index contributed by atoms with van der Waals surface area (Å²) in [5, 5.41) is 0. The van der Waals surface area contributed by atoms with Crippen molar-refractivity contribution in [2.24, 2.45) is 5.92 Å². The van der Waals surface area contributed by atoms with Gasteiger partial charge < -0.3 is 9.47 Å². The average Bonchev–Trinajstić information content (AvgIpc) is 2.14. The summed E-state index contributed by atoms with van der Waals surface area (Å²) in [6, 6.07) is 0. The molecule has 0 N–H and O–H groups in total. The average molecular weight is 242 g/mol. The largest absolute Gasteiger partial charge is 0.462 e. The number of hydrogen-bond acceptors (Lipinski definition) is 5. The molecule has 2 atom stereocenters. The maximum atomic E-state index is 11.4. The SMILES string of the molecule is CC(=O)OC1CC(OC(C)=O)CC(C(C)=O)C1. The highest BCUT2D eigenvalue weighted by atomic mass is 16.6. The van der Waals surface area contributed by atoms with Gasteiger partial charge in [-0.05, 0) is 19.8 Å². The van der Waals surface area contributed by atoms with Crippen LogP contribution in [0, 0.1) is 5.92 Å². The van der Waals surface area contributed by atoms with Crippen molar-refractivity contribution in [3.8, 4) is 0 Å². The second-order valence-corrected chi connectivity index (χ2v) is 4.48. The van der Waals surface area contributed by atoms with Crippen LogP contribution < -0.4 is 0 Å². The molecule has 0 aromatic carbocycles. The van der Waals surface area contributed by atoms with Crippen LogP contribution in [0.1, 0.15) is 40.0 Å². The summed E-state index contributed by atoms with van der Waals surface area (Å²) in [7, 11) is 0. The van der Waals surface area contributed by atoms with Crippen molar-refractivity contribution in [2.45, 2.75) is 52.2 Å². The van der Waals surface area contributed by atoms with E-state index in [2.05, 4.69) is 0 Å². The molecule has 1 rings (SSSR count). The standard InChI is InChI=1S/C12H18O5/c1-7(13)10-4-11(16-8(2)14)6-12(5-10)17-9(3)15/h10-12H,4-6H2,1-3H3. The summed E-state index contributed by atoms with van der Waals surface area (Å²) >= 11 is 0. The van der Waals surface area contributed by atoms with Gasteiger partial charge in [-0.2, -0.15) is 0 Å². The van der Waals surface area contributed by atoms with Crippen LogP contribution in [-0.4, -0.2) is 29.9 Å². The summed E-state index contributed by atoms with van der Waals surface area (Å²) in [6.07, 6.45) is 0.849. The Morgan fingerprint density at radius 1 is 0.824 bits per heavy atom. The van der Waals surface area contributed by atoms with Crippen molar-refractivity contribution in [3.05, 3.63) is 0 Å². The Balaban J connectivity index is 2.65. The normalized spacial score (nSPS) is 28.3. The smallest absolute Gasteiger partial charge is 0.302 e. The minimum Gasteiger partial charge on any atom is -0.462 e. The van der Waals surface area contributed by atoms with Gasteiger partial charge in [0, 0.05) is 26.2 Å². The molecule has 0 spiro atoms. The number of Topliss-reactive ketones (excluding diaryl/α,β-unsaturated/α-hetero) is 1. The zero-order valence-electron chi connectivity index (χ0n) is 10.4. The van der Waals surface area contributed by atoms with E-state index in [0.717, 1.165) is 0 Å². The quantitative estimate of drug-likeness (QED) is 0.696. The van der Waals surface area contributed by atoms with Gasteiger partial charge in [0.2, 0.25) is 0 Å².